The first kappa shape index (κ1) is 54.6. The van der Waals surface area contributed by atoms with Crippen LogP contribution in [0.2, 0.25) is 0 Å². The van der Waals surface area contributed by atoms with Crippen molar-refractivity contribution >= 4 is 16.0 Å². The Hall–Kier alpha value is -1.44. The molecule has 0 aliphatic heterocycles. The number of carbonyl (C=O) groups is 1. The van der Waals surface area contributed by atoms with E-state index in [1.165, 1.54) is 161 Å². The molecule has 0 saturated carbocycles. The SMILES string of the molecule is CCCCCCC/C=C\C/C=C\C/C=C\CCCCCCCCC(=O)NC(CS(=O)(=O)O)C(O)CCCCCCCCCCCCCCCCCCCCCC. The van der Waals surface area contributed by atoms with Gasteiger partial charge >= 0.3 is 0 Å². The van der Waals surface area contributed by atoms with E-state index < -0.39 is 28.0 Å². The van der Waals surface area contributed by atoms with Crippen molar-refractivity contribution in [1.29, 1.82) is 0 Å². The molecule has 0 aromatic rings. The molecule has 0 rings (SSSR count). The third kappa shape index (κ3) is 43.7. The maximum atomic E-state index is 12.6. The summed E-state index contributed by atoms with van der Waals surface area (Å²) in [5.41, 5.74) is 0. The largest absolute Gasteiger partial charge is 0.391 e. The van der Waals surface area contributed by atoms with E-state index in [0.29, 0.717) is 12.8 Å². The Labute approximate surface area is 348 Å². The summed E-state index contributed by atoms with van der Waals surface area (Å²) >= 11 is 0. The summed E-state index contributed by atoms with van der Waals surface area (Å²) in [6.07, 6.45) is 56.7. The first-order chi connectivity index (χ1) is 27.3. The van der Waals surface area contributed by atoms with Crippen LogP contribution < -0.4 is 5.32 Å². The van der Waals surface area contributed by atoms with Crippen molar-refractivity contribution in [2.24, 2.45) is 0 Å². The fourth-order valence-corrected chi connectivity index (χ4v) is 8.22. The molecule has 0 spiro atoms. The van der Waals surface area contributed by atoms with Crippen molar-refractivity contribution in [3.8, 4) is 0 Å². The Kier molecular flexibility index (Phi) is 42.0. The van der Waals surface area contributed by atoms with Crippen LogP contribution >= 0.6 is 0 Å². The van der Waals surface area contributed by atoms with Gasteiger partial charge in [-0.2, -0.15) is 8.42 Å². The van der Waals surface area contributed by atoms with Crippen molar-refractivity contribution in [3.05, 3.63) is 36.5 Å². The van der Waals surface area contributed by atoms with Crippen LogP contribution in [-0.4, -0.2) is 41.9 Å². The zero-order valence-corrected chi connectivity index (χ0v) is 37.8. The molecule has 0 saturated heterocycles. The van der Waals surface area contributed by atoms with Crippen LogP contribution in [0.15, 0.2) is 36.5 Å². The van der Waals surface area contributed by atoms with Crippen LogP contribution in [0.4, 0.5) is 0 Å². The van der Waals surface area contributed by atoms with Gasteiger partial charge in [0.1, 0.15) is 0 Å². The zero-order chi connectivity index (χ0) is 41.1. The van der Waals surface area contributed by atoms with Crippen molar-refractivity contribution < 1.29 is 22.9 Å². The lowest BCUT2D eigenvalue weighted by Crippen LogP contribution is -2.47. The van der Waals surface area contributed by atoms with E-state index >= 15 is 0 Å². The normalized spacial score (nSPS) is 13.4. The van der Waals surface area contributed by atoms with E-state index in [9.17, 15) is 22.9 Å². The van der Waals surface area contributed by atoms with E-state index in [4.69, 9.17) is 0 Å². The summed E-state index contributed by atoms with van der Waals surface area (Å²) < 4.78 is 32.7. The van der Waals surface area contributed by atoms with E-state index in [-0.39, 0.29) is 5.91 Å². The predicted octanol–water partition coefficient (Wildman–Crippen LogP) is 14.9. The van der Waals surface area contributed by atoms with Gasteiger partial charge in [0.05, 0.1) is 17.9 Å². The van der Waals surface area contributed by atoms with Crippen molar-refractivity contribution in [2.45, 2.75) is 264 Å². The van der Waals surface area contributed by atoms with Crippen LogP contribution in [0.25, 0.3) is 0 Å². The smallest absolute Gasteiger partial charge is 0.266 e. The molecule has 2 unspecified atom stereocenters. The summed E-state index contributed by atoms with van der Waals surface area (Å²) in [5.74, 6) is -0.908. The second kappa shape index (κ2) is 43.1. The van der Waals surface area contributed by atoms with E-state index in [1.54, 1.807) is 0 Å². The number of allylic oxidation sites excluding steroid dienone is 6. The van der Waals surface area contributed by atoms with Crippen LogP contribution in [-0.2, 0) is 14.9 Å². The maximum absolute atomic E-state index is 12.6. The molecule has 0 heterocycles. The van der Waals surface area contributed by atoms with Crippen LogP contribution in [0.3, 0.4) is 0 Å². The van der Waals surface area contributed by atoms with Gasteiger partial charge in [0.25, 0.3) is 10.1 Å². The molecule has 2 atom stereocenters. The summed E-state index contributed by atoms with van der Waals surface area (Å²) in [4.78, 5) is 12.6. The Bertz CT molecular complexity index is 1020. The number of aliphatic hydroxyl groups is 1. The third-order valence-corrected chi connectivity index (χ3v) is 11.9. The molecule has 7 heteroatoms. The molecule has 0 aliphatic rings. The van der Waals surface area contributed by atoms with Crippen molar-refractivity contribution in [1.82, 2.24) is 5.32 Å². The number of hydrogen-bond acceptors (Lipinski definition) is 4. The highest BCUT2D eigenvalue weighted by molar-refractivity contribution is 7.85. The second-order valence-corrected chi connectivity index (χ2v) is 18.2. The minimum Gasteiger partial charge on any atom is -0.391 e. The first-order valence-electron chi connectivity index (χ1n) is 24.2. The summed E-state index contributed by atoms with van der Waals surface area (Å²) in [6.45, 7) is 4.53. The summed E-state index contributed by atoms with van der Waals surface area (Å²) in [7, 11) is -4.32. The second-order valence-electron chi connectivity index (χ2n) is 16.7. The van der Waals surface area contributed by atoms with E-state index in [0.717, 1.165) is 64.2 Å². The van der Waals surface area contributed by atoms with Gasteiger partial charge in [0.15, 0.2) is 0 Å². The molecule has 1 amide bonds. The quantitative estimate of drug-likeness (QED) is 0.0323. The van der Waals surface area contributed by atoms with Crippen LogP contribution in [0.5, 0.6) is 0 Å². The Balaban J connectivity index is 3.82. The van der Waals surface area contributed by atoms with Gasteiger partial charge in [-0.15, -0.1) is 0 Å². The predicted molar refractivity (Wildman–Crippen MR) is 244 cm³/mol. The van der Waals surface area contributed by atoms with Gasteiger partial charge in [0, 0.05) is 6.42 Å². The fourth-order valence-electron chi connectivity index (χ4n) is 7.46. The van der Waals surface area contributed by atoms with Crippen LogP contribution in [0.1, 0.15) is 251 Å². The van der Waals surface area contributed by atoms with Gasteiger partial charge in [-0.25, -0.2) is 0 Å². The van der Waals surface area contributed by atoms with Crippen molar-refractivity contribution in [2.75, 3.05) is 5.75 Å². The topological polar surface area (TPSA) is 104 Å². The number of aliphatic hydroxyl groups excluding tert-OH is 1. The Morgan fingerprint density at radius 1 is 0.482 bits per heavy atom. The zero-order valence-electron chi connectivity index (χ0n) is 37.0. The van der Waals surface area contributed by atoms with Gasteiger partial charge in [-0.1, -0.05) is 230 Å². The number of nitrogens with one attached hydrogen (secondary N) is 1. The Morgan fingerprint density at radius 2 is 0.804 bits per heavy atom. The molecular weight excluding hydrogens is 715 g/mol. The van der Waals surface area contributed by atoms with Gasteiger partial charge in [0.2, 0.25) is 5.91 Å². The number of unbranched alkanes of at least 4 members (excludes halogenated alkanes) is 30. The summed E-state index contributed by atoms with van der Waals surface area (Å²) in [5, 5.41) is 13.4. The average Bonchev–Trinajstić information content (AvgIpc) is 3.16. The fraction of sp³-hybridized carbons (Fsp3) is 0.857. The molecule has 0 bridgehead atoms. The number of carbonyl (C=O) groups excluding carboxylic acids is 1. The summed E-state index contributed by atoms with van der Waals surface area (Å²) in [6, 6.07) is -0.979. The molecule has 0 fully saturated rings. The van der Waals surface area contributed by atoms with Gasteiger partial charge in [-0.3, -0.25) is 9.35 Å². The van der Waals surface area contributed by atoms with E-state index in [2.05, 4.69) is 55.6 Å². The highest BCUT2D eigenvalue weighted by Gasteiger charge is 2.26. The first-order valence-corrected chi connectivity index (χ1v) is 25.8. The lowest BCUT2D eigenvalue weighted by molar-refractivity contribution is -0.122. The molecule has 56 heavy (non-hydrogen) atoms. The molecule has 0 radical (unpaired) electrons. The number of amides is 1. The van der Waals surface area contributed by atoms with Gasteiger partial charge < -0.3 is 10.4 Å². The molecule has 330 valence electrons. The molecule has 6 nitrogen and oxygen atoms in total. The maximum Gasteiger partial charge on any atom is 0.266 e. The lowest BCUT2D eigenvalue weighted by Gasteiger charge is -2.23. The molecule has 0 aliphatic carbocycles. The van der Waals surface area contributed by atoms with E-state index in [1.807, 2.05) is 0 Å². The number of hydrogen-bond donors (Lipinski definition) is 3. The molecular formula is C49H93NO5S. The molecule has 3 N–H and O–H groups in total. The van der Waals surface area contributed by atoms with Gasteiger partial charge in [-0.05, 0) is 51.4 Å². The monoisotopic (exact) mass is 808 g/mol. The highest BCUT2D eigenvalue weighted by Crippen LogP contribution is 2.17. The van der Waals surface area contributed by atoms with Crippen LogP contribution in [0, 0.1) is 0 Å². The molecule has 0 aromatic heterocycles. The van der Waals surface area contributed by atoms with Crippen molar-refractivity contribution in [3.63, 3.8) is 0 Å². The Morgan fingerprint density at radius 3 is 1.18 bits per heavy atom. The third-order valence-electron chi connectivity index (χ3n) is 11.1. The highest BCUT2D eigenvalue weighted by atomic mass is 32.2. The average molecular weight is 808 g/mol. The lowest BCUT2D eigenvalue weighted by atomic mass is 10.0. The standard InChI is InChI=1S/C49H93NO5S/c1-3-5-7-9-11-13-15-17-19-21-23-25-27-29-31-33-35-37-39-41-43-45-49(52)50-47(46-56(53,54)55)48(51)44-42-40-38-36-34-32-30-28-26-24-22-20-18-16-14-12-10-8-6-4-2/h15,17,21,23,27,29,47-48,51H,3-14,16,18-20,22,24-26,28,30-46H2,1-2H3,(H,50,52)(H,53,54,55)/b17-15-,23-21-,29-27-. The number of rotatable bonds is 44. The molecule has 0 aromatic carbocycles. The minimum absolute atomic E-state index is 0.255. The minimum atomic E-state index is -4.32.